The van der Waals surface area contributed by atoms with Gasteiger partial charge in [-0.3, -0.25) is 4.79 Å². The van der Waals surface area contributed by atoms with Gasteiger partial charge in [0.2, 0.25) is 0 Å². The third kappa shape index (κ3) is 3.43. The van der Waals surface area contributed by atoms with Crippen LogP contribution in [-0.2, 0) is 0 Å². The van der Waals surface area contributed by atoms with Crippen molar-refractivity contribution in [1.29, 1.82) is 0 Å². The van der Waals surface area contributed by atoms with E-state index in [1.54, 1.807) is 17.1 Å². The molecule has 0 atom stereocenters. The Hall–Kier alpha value is -1.10. The Morgan fingerprint density at radius 1 is 1.35 bits per heavy atom. The summed E-state index contributed by atoms with van der Waals surface area (Å²) in [7, 11) is 0. The summed E-state index contributed by atoms with van der Waals surface area (Å²) in [5, 5.41) is 0. The average molecular weight is 341 g/mol. The fraction of sp³-hybridized carbons (Fsp3) is 0.214. The molecular weight excluding hydrogens is 325 g/mol. The maximum Gasteiger partial charge on any atom is 0.255 e. The third-order valence-electron chi connectivity index (χ3n) is 2.41. The molecule has 90 valence electrons. The molecule has 0 heterocycles. The van der Waals surface area contributed by atoms with Gasteiger partial charge < -0.3 is 4.90 Å². The summed E-state index contributed by atoms with van der Waals surface area (Å²) >= 11 is 2.21. The number of rotatable bonds is 5. The standard InChI is InChI=1S/C14H16INO/c1-4-9-16(10-5-2)14(17)12-8-6-7-11(3)13(12)15/h4-8H,1-2,9-10H2,3H3. The molecule has 0 saturated carbocycles. The highest BCUT2D eigenvalue weighted by atomic mass is 127. The van der Waals surface area contributed by atoms with Crippen molar-refractivity contribution in [2.24, 2.45) is 0 Å². The molecule has 0 radical (unpaired) electrons. The third-order valence-corrected chi connectivity index (χ3v) is 3.84. The Labute approximate surface area is 116 Å². The van der Waals surface area contributed by atoms with Crippen LogP contribution in [0, 0.1) is 10.5 Å². The van der Waals surface area contributed by atoms with Crippen molar-refractivity contribution in [1.82, 2.24) is 4.90 Å². The van der Waals surface area contributed by atoms with E-state index < -0.39 is 0 Å². The molecule has 3 heteroatoms. The Bertz CT molecular complexity index is 430. The van der Waals surface area contributed by atoms with Crippen LogP contribution in [0.4, 0.5) is 0 Å². The first-order chi connectivity index (χ1) is 8.11. The molecule has 1 aromatic rings. The minimum absolute atomic E-state index is 0.0258. The van der Waals surface area contributed by atoms with Crippen LogP contribution in [0.2, 0.25) is 0 Å². The summed E-state index contributed by atoms with van der Waals surface area (Å²) in [4.78, 5) is 14.0. The van der Waals surface area contributed by atoms with Gasteiger partial charge >= 0.3 is 0 Å². The molecule has 0 unspecified atom stereocenters. The van der Waals surface area contributed by atoms with Gasteiger partial charge in [-0.05, 0) is 41.1 Å². The van der Waals surface area contributed by atoms with Gasteiger partial charge in [-0.25, -0.2) is 0 Å². The zero-order valence-electron chi connectivity index (χ0n) is 9.95. The molecule has 1 amide bonds. The number of nitrogens with zero attached hydrogens (tertiary/aromatic N) is 1. The number of halogens is 1. The van der Waals surface area contributed by atoms with Crippen LogP contribution in [0.1, 0.15) is 15.9 Å². The van der Waals surface area contributed by atoms with E-state index in [4.69, 9.17) is 0 Å². The quantitative estimate of drug-likeness (QED) is 0.594. The molecule has 0 spiro atoms. The molecule has 0 aliphatic carbocycles. The van der Waals surface area contributed by atoms with E-state index in [0.29, 0.717) is 13.1 Å². The largest absolute Gasteiger partial charge is 0.331 e. The molecule has 0 aliphatic rings. The van der Waals surface area contributed by atoms with Gasteiger partial charge in [0.25, 0.3) is 5.91 Å². The lowest BCUT2D eigenvalue weighted by Gasteiger charge is -2.20. The Morgan fingerprint density at radius 3 is 2.47 bits per heavy atom. The van der Waals surface area contributed by atoms with Crippen LogP contribution in [0.5, 0.6) is 0 Å². The maximum absolute atomic E-state index is 12.3. The van der Waals surface area contributed by atoms with Crippen molar-refractivity contribution >= 4 is 28.5 Å². The van der Waals surface area contributed by atoms with Gasteiger partial charge in [-0.15, -0.1) is 13.2 Å². The molecule has 2 nitrogen and oxygen atoms in total. The molecule has 0 saturated heterocycles. The van der Waals surface area contributed by atoms with Crippen molar-refractivity contribution in [3.63, 3.8) is 0 Å². The predicted molar refractivity (Wildman–Crippen MR) is 80.2 cm³/mol. The van der Waals surface area contributed by atoms with Gasteiger partial charge in [0, 0.05) is 16.7 Å². The number of amides is 1. The lowest BCUT2D eigenvalue weighted by molar-refractivity contribution is 0.0789. The minimum atomic E-state index is 0.0258. The van der Waals surface area contributed by atoms with E-state index in [1.807, 2.05) is 25.1 Å². The SMILES string of the molecule is C=CCN(CC=C)C(=O)c1cccc(C)c1I. The van der Waals surface area contributed by atoms with Gasteiger partial charge in [-0.1, -0.05) is 24.3 Å². The van der Waals surface area contributed by atoms with Crippen LogP contribution in [0.3, 0.4) is 0 Å². The smallest absolute Gasteiger partial charge is 0.255 e. The lowest BCUT2D eigenvalue weighted by Crippen LogP contribution is -2.31. The number of hydrogen-bond donors (Lipinski definition) is 0. The van der Waals surface area contributed by atoms with Crippen molar-refractivity contribution in [2.75, 3.05) is 13.1 Å². The number of carbonyl (C=O) groups excluding carboxylic acids is 1. The van der Waals surface area contributed by atoms with Crippen molar-refractivity contribution in [3.05, 3.63) is 58.2 Å². The molecule has 1 aromatic carbocycles. The van der Waals surface area contributed by atoms with Gasteiger partial charge in [-0.2, -0.15) is 0 Å². The second-order valence-corrected chi connectivity index (χ2v) is 4.80. The molecule has 0 fully saturated rings. The topological polar surface area (TPSA) is 20.3 Å². The highest BCUT2D eigenvalue weighted by molar-refractivity contribution is 14.1. The van der Waals surface area contributed by atoms with Crippen LogP contribution in [0.25, 0.3) is 0 Å². The van der Waals surface area contributed by atoms with E-state index in [0.717, 1.165) is 14.7 Å². The normalized spacial score (nSPS) is 9.76. The minimum Gasteiger partial charge on any atom is -0.331 e. The van der Waals surface area contributed by atoms with Gasteiger partial charge in [0.05, 0.1) is 5.56 Å². The predicted octanol–water partition coefficient (Wildman–Crippen LogP) is 3.41. The summed E-state index contributed by atoms with van der Waals surface area (Å²) < 4.78 is 1.01. The van der Waals surface area contributed by atoms with Crippen LogP contribution in [-0.4, -0.2) is 23.9 Å². The Morgan fingerprint density at radius 2 is 1.94 bits per heavy atom. The molecule has 0 aromatic heterocycles. The monoisotopic (exact) mass is 341 g/mol. The summed E-state index contributed by atoms with van der Waals surface area (Å²) in [6.45, 7) is 10.4. The fourth-order valence-corrected chi connectivity index (χ4v) is 2.13. The van der Waals surface area contributed by atoms with E-state index in [1.165, 1.54) is 0 Å². The number of hydrogen-bond acceptors (Lipinski definition) is 1. The molecule has 0 bridgehead atoms. The Kier molecular flexibility index (Phi) is 5.41. The summed E-state index contributed by atoms with van der Waals surface area (Å²) in [5.74, 6) is 0.0258. The first kappa shape index (κ1) is 14.0. The summed E-state index contributed by atoms with van der Waals surface area (Å²) in [6.07, 6.45) is 3.45. The second-order valence-electron chi connectivity index (χ2n) is 3.72. The maximum atomic E-state index is 12.3. The molecule has 0 aliphatic heterocycles. The number of carbonyl (C=O) groups is 1. The summed E-state index contributed by atoms with van der Waals surface area (Å²) in [5.41, 5.74) is 1.86. The van der Waals surface area contributed by atoms with Crippen LogP contribution >= 0.6 is 22.6 Å². The highest BCUT2D eigenvalue weighted by Crippen LogP contribution is 2.18. The lowest BCUT2D eigenvalue weighted by atomic mass is 10.1. The van der Waals surface area contributed by atoms with E-state index >= 15 is 0 Å². The Balaban J connectivity index is 3.04. The van der Waals surface area contributed by atoms with E-state index in [9.17, 15) is 4.79 Å². The van der Waals surface area contributed by atoms with Gasteiger partial charge in [0.15, 0.2) is 0 Å². The van der Waals surface area contributed by atoms with E-state index in [-0.39, 0.29) is 5.91 Å². The fourth-order valence-electron chi connectivity index (χ4n) is 1.53. The number of aryl methyl sites for hydroxylation is 1. The van der Waals surface area contributed by atoms with E-state index in [2.05, 4.69) is 35.7 Å². The second kappa shape index (κ2) is 6.59. The van der Waals surface area contributed by atoms with Crippen LogP contribution < -0.4 is 0 Å². The van der Waals surface area contributed by atoms with Crippen molar-refractivity contribution < 1.29 is 4.79 Å². The van der Waals surface area contributed by atoms with Crippen molar-refractivity contribution in [2.45, 2.75) is 6.92 Å². The molecule has 17 heavy (non-hydrogen) atoms. The van der Waals surface area contributed by atoms with Gasteiger partial charge in [0.1, 0.15) is 0 Å². The summed E-state index contributed by atoms with van der Waals surface area (Å²) in [6, 6.07) is 5.77. The van der Waals surface area contributed by atoms with Crippen LogP contribution in [0.15, 0.2) is 43.5 Å². The zero-order chi connectivity index (χ0) is 12.8. The zero-order valence-corrected chi connectivity index (χ0v) is 12.1. The molecular formula is C14H16INO. The van der Waals surface area contributed by atoms with Crippen molar-refractivity contribution in [3.8, 4) is 0 Å². The first-order valence-electron chi connectivity index (χ1n) is 5.38. The number of benzene rings is 1. The average Bonchev–Trinajstić information content (AvgIpc) is 2.31. The molecule has 1 rings (SSSR count). The molecule has 0 N–H and O–H groups in total. The first-order valence-corrected chi connectivity index (χ1v) is 6.45. The highest BCUT2D eigenvalue weighted by Gasteiger charge is 2.16.